The lowest BCUT2D eigenvalue weighted by Gasteiger charge is -2.13. The van der Waals surface area contributed by atoms with Crippen LogP contribution in [0.1, 0.15) is 22.3 Å². The number of rotatable bonds is 10. The second kappa shape index (κ2) is 13.9. The molecule has 0 aliphatic carbocycles. The van der Waals surface area contributed by atoms with Crippen molar-refractivity contribution in [3.8, 4) is 33.8 Å². The highest BCUT2D eigenvalue weighted by molar-refractivity contribution is 5.82. The van der Waals surface area contributed by atoms with Crippen LogP contribution in [0.4, 0.5) is 26.3 Å². The van der Waals surface area contributed by atoms with Gasteiger partial charge in [-0.25, -0.2) is 4.79 Å². The zero-order chi connectivity index (χ0) is 33.6. The maximum absolute atomic E-state index is 13.0. The van der Waals surface area contributed by atoms with Crippen LogP contribution in [0.5, 0.6) is 11.5 Å². The Bertz CT molecular complexity index is 1720. The largest absolute Gasteiger partial charge is 0.490 e. The maximum Gasteiger partial charge on any atom is 0.416 e. The van der Waals surface area contributed by atoms with Crippen molar-refractivity contribution in [1.82, 2.24) is 0 Å². The molecule has 0 spiro atoms. The second-order valence-corrected chi connectivity index (χ2v) is 10.4. The van der Waals surface area contributed by atoms with Crippen molar-refractivity contribution in [3.63, 3.8) is 0 Å². The summed E-state index contributed by atoms with van der Waals surface area (Å²) in [4.78, 5) is 10.7. The normalized spacial score (nSPS) is 11.5. The molecule has 0 atom stereocenters. The van der Waals surface area contributed by atoms with E-state index < -0.39 is 36.1 Å². The molecule has 0 fully saturated rings. The number of carbonyl (C=O) groups is 1. The molecule has 0 saturated carbocycles. The van der Waals surface area contributed by atoms with Crippen LogP contribution >= 0.6 is 0 Å². The SMILES string of the molecule is O=C(O)COc1ccc(OCC=C(c2ccc(-c3ccc(C(F)(F)F)cc3)cc2)c2ccc(-c3ccc(C(F)(F)F)cc3)cc2)cc1. The first-order chi connectivity index (χ1) is 22.4. The van der Waals surface area contributed by atoms with Crippen LogP contribution in [0.15, 0.2) is 127 Å². The minimum atomic E-state index is -4.43. The zero-order valence-electron chi connectivity index (χ0n) is 24.5. The predicted molar refractivity (Wildman–Crippen MR) is 166 cm³/mol. The van der Waals surface area contributed by atoms with Crippen molar-refractivity contribution in [2.45, 2.75) is 12.4 Å². The van der Waals surface area contributed by atoms with Gasteiger partial charge in [-0.05, 0) is 93.6 Å². The third kappa shape index (κ3) is 8.61. The highest BCUT2D eigenvalue weighted by atomic mass is 19.4. The van der Waals surface area contributed by atoms with Gasteiger partial charge in [-0.2, -0.15) is 26.3 Å². The van der Waals surface area contributed by atoms with Crippen molar-refractivity contribution in [3.05, 3.63) is 150 Å². The summed E-state index contributed by atoms with van der Waals surface area (Å²) in [5.74, 6) is -0.210. The number of halogens is 6. The van der Waals surface area contributed by atoms with Gasteiger partial charge in [-0.15, -0.1) is 0 Å². The molecule has 0 amide bonds. The monoisotopic (exact) mass is 648 g/mol. The molecule has 0 aromatic heterocycles. The molecule has 4 nitrogen and oxygen atoms in total. The van der Waals surface area contributed by atoms with Crippen molar-refractivity contribution in [2.75, 3.05) is 13.2 Å². The fraction of sp³-hybridized carbons (Fsp3) is 0.108. The van der Waals surface area contributed by atoms with Gasteiger partial charge in [0.2, 0.25) is 0 Å². The smallest absolute Gasteiger partial charge is 0.416 e. The van der Waals surface area contributed by atoms with Gasteiger partial charge in [0.05, 0.1) is 11.1 Å². The number of carboxylic acid groups (broad SMARTS) is 1. The van der Waals surface area contributed by atoms with E-state index in [1.54, 1.807) is 48.5 Å². The van der Waals surface area contributed by atoms with Crippen LogP contribution in [0.2, 0.25) is 0 Å². The Kier molecular flexibility index (Phi) is 9.70. The minimum Gasteiger partial charge on any atom is -0.490 e. The van der Waals surface area contributed by atoms with Gasteiger partial charge in [0.1, 0.15) is 18.1 Å². The lowest BCUT2D eigenvalue weighted by molar-refractivity contribution is -0.139. The Morgan fingerprint density at radius 2 is 0.872 bits per heavy atom. The Labute approximate surface area is 266 Å². The van der Waals surface area contributed by atoms with E-state index in [9.17, 15) is 31.1 Å². The number of aliphatic carboxylic acids is 1. The number of ether oxygens (including phenoxy) is 2. The Hall–Kier alpha value is -5.51. The van der Waals surface area contributed by atoms with E-state index >= 15 is 0 Å². The molecule has 240 valence electrons. The predicted octanol–water partition coefficient (Wildman–Crippen LogP) is 10.0. The van der Waals surface area contributed by atoms with E-state index in [0.29, 0.717) is 22.6 Å². The number of hydrogen-bond donors (Lipinski definition) is 1. The van der Waals surface area contributed by atoms with E-state index in [0.717, 1.165) is 52.1 Å². The molecule has 0 radical (unpaired) electrons. The van der Waals surface area contributed by atoms with Crippen molar-refractivity contribution >= 4 is 11.5 Å². The van der Waals surface area contributed by atoms with E-state index in [4.69, 9.17) is 14.6 Å². The average molecular weight is 649 g/mol. The van der Waals surface area contributed by atoms with E-state index in [2.05, 4.69) is 0 Å². The van der Waals surface area contributed by atoms with Crippen LogP contribution in [0.25, 0.3) is 27.8 Å². The maximum atomic E-state index is 13.0. The number of hydrogen-bond acceptors (Lipinski definition) is 3. The van der Waals surface area contributed by atoms with Gasteiger partial charge in [0.25, 0.3) is 0 Å². The highest BCUT2D eigenvalue weighted by Crippen LogP contribution is 2.34. The van der Waals surface area contributed by atoms with Gasteiger partial charge in [0.15, 0.2) is 6.61 Å². The summed E-state index contributed by atoms with van der Waals surface area (Å²) < 4.78 is 89.1. The molecule has 5 rings (SSSR count). The van der Waals surface area contributed by atoms with Crippen LogP contribution in [-0.4, -0.2) is 24.3 Å². The van der Waals surface area contributed by atoms with E-state index in [1.807, 2.05) is 30.3 Å². The summed E-state index contributed by atoms with van der Waals surface area (Å²) in [6, 6.07) is 30.9. The molecule has 5 aromatic rings. The quantitative estimate of drug-likeness (QED) is 0.153. The van der Waals surface area contributed by atoms with Crippen molar-refractivity contribution in [1.29, 1.82) is 0 Å². The summed E-state index contributed by atoms with van der Waals surface area (Å²) in [5, 5.41) is 8.77. The summed E-state index contributed by atoms with van der Waals surface area (Å²) >= 11 is 0. The van der Waals surface area contributed by atoms with Gasteiger partial charge in [-0.1, -0.05) is 72.8 Å². The molecule has 0 unspecified atom stereocenters. The highest BCUT2D eigenvalue weighted by Gasteiger charge is 2.30. The van der Waals surface area contributed by atoms with E-state index in [1.165, 1.54) is 24.3 Å². The molecule has 5 aromatic carbocycles. The topological polar surface area (TPSA) is 55.8 Å². The van der Waals surface area contributed by atoms with Crippen LogP contribution in [-0.2, 0) is 17.1 Å². The third-order valence-corrected chi connectivity index (χ3v) is 7.21. The van der Waals surface area contributed by atoms with Crippen molar-refractivity contribution in [2.24, 2.45) is 0 Å². The molecule has 10 heteroatoms. The first-order valence-corrected chi connectivity index (χ1v) is 14.2. The molecule has 0 bridgehead atoms. The first-order valence-electron chi connectivity index (χ1n) is 14.2. The third-order valence-electron chi connectivity index (χ3n) is 7.21. The lowest BCUT2D eigenvalue weighted by atomic mass is 9.93. The fourth-order valence-electron chi connectivity index (χ4n) is 4.79. The number of benzene rings is 5. The van der Waals surface area contributed by atoms with Gasteiger partial charge in [0, 0.05) is 0 Å². The van der Waals surface area contributed by atoms with E-state index in [-0.39, 0.29) is 6.61 Å². The summed E-state index contributed by atoms with van der Waals surface area (Å²) in [7, 11) is 0. The average Bonchev–Trinajstić information content (AvgIpc) is 3.06. The number of carboxylic acids is 1. The molecule has 0 aliphatic heterocycles. The summed E-state index contributed by atoms with van der Waals surface area (Å²) in [6.45, 7) is -0.326. The Balaban J connectivity index is 1.39. The van der Waals surface area contributed by atoms with Gasteiger partial charge >= 0.3 is 18.3 Å². The zero-order valence-corrected chi connectivity index (χ0v) is 24.5. The van der Waals surface area contributed by atoms with Crippen LogP contribution in [0, 0.1) is 0 Å². The first kappa shape index (κ1) is 32.9. The molecule has 0 heterocycles. The second-order valence-electron chi connectivity index (χ2n) is 10.4. The molecular formula is C37H26F6O4. The molecular weight excluding hydrogens is 622 g/mol. The summed E-state index contributed by atoms with van der Waals surface area (Å²) in [6.07, 6.45) is -7.00. The Morgan fingerprint density at radius 1 is 0.532 bits per heavy atom. The lowest BCUT2D eigenvalue weighted by Crippen LogP contribution is -2.09. The van der Waals surface area contributed by atoms with Gasteiger partial charge in [-0.3, -0.25) is 0 Å². The van der Waals surface area contributed by atoms with Crippen LogP contribution < -0.4 is 9.47 Å². The molecule has 0 aliphatic rings. The minimum absolute atomic E-state index is 0.145. The van der Waals surface area contributed by atoms with Crippen LogP contribution in [0.3, 0.4) is 0 Å². The van der Waals surface area contributed by atoms with Crippen molar-refractivity contribution < 1.29 is 45.7 Å². The molecule has 47 heavy (non-hydrogen) atoms. The standard InChI is InChI=1S/C37H26F6O4/c38-36(39,40)30-13-9-26(10-14-30)24-1-5-28(6-2-24)34(21-22-46-32-17-19-33(20-18-32)47-23-35(44)45)29-7-3-25(4-8-29)27-11-15-31(16-12-27)37(41,42)43/h1-21H,22-23H2,(H,44,45). The fourth-order valence-corrected chi connectivity index (χ4v) is 4.79. The summed E-state index contributed by atoms with van der Waals surface area (Å²) in [5.41, 5.74) is 3.60. The molecule has 0 saturated heterocycles. The molecule has 1 N–H and O–H groups in total. The van der Waals surface area contributed by atoms with Gasteiger partial charge < -0.3 is 14.6 Å². The Morgan fingerprint density at radius 3 is 1.21 bits per heavy atom. The number of alkyl halides is 6.